The van der Waals surface area contributed by atoms with Gasteiger partial charge in [-0.2, -0.15) is 0 Å². The van der Waals surface area contributed by atoms with E-state index in [1.807, 2.05) is 6.07 Å². The van der Waals surface area contributed by atoms with Gasteiger partial charge in [-0.25, -0.2) is 4.68 Å². The van der Waals surface area contributed by atoms with E-state index in [-0.39, 0.29) is 5.75 Å². The van der Waals surface area contributed by atoms with Crippen LogP contribution in [0.15, 0.2) is 18.2 Å². The maximum Gasteiger partial charge on any atom is 0.154 e. The van der Waals surface area contributed by atoms with Gasteiger partial charge in [-0.1, -0.05) is 30.9 Å². The zero-order valence-electron chi connectivity index (χ0n) is 11.1. The summed E-state index contributed by atoms with van der Waals surface area (Å²) in [6, 6.07) is 6.38. The first-order valence-corrected chi connectivity index (χ1v) is 9.77. The Kier molecular flexibility index (Phi) is 3.67. The van der Waals surface area contributed by atoms with E-state index in [1.54, 1.807) is 16.8 Å². The standard InChI is InChI=1S/C12H19N3O2Si/c1-18(2,3)8-7-17-9-15-10-5-4-6-11(16)12(10)13-14-15/h4-6,16H,7-9H2,1-3H3. The number of aromatic hydroxyl groups is 1. The quantitative estimate of drug-likeness (QED) is 0.666. The van der Waals surface area contributed by atoms with Crippen molar-refractivity contribution in [2.75, 3.05) is 6.61 Å². The summed E-state index contributed by atoms with van der Waals surface area (Å²) in [4.78, 5) is 0. The molecule has 0 aliphatic carbocycles. The third kappa shape index (κ3) is 3.08. The lowest BCUT2D eigenvalue weighted by atomic mass is 10.3. The first kappa shape index (κ1) is 13.0. The first-order chi connectivity index (χ1) is 8.47. The lowest BCUT2D eigenvalue weighted by Crippen LogP contribution is -2.22. The van der Waals surface area contributed by atoms with Crippen molar-refractivity contribution in [3.8, 4) is 5.75 Å². The summed E-state index contributed by atoms with van der Waals surface area (Å²) in [6.07, 6.45) is 0. The van der Waals surface area contributed by atoms with Crippen LogP contribution in [0.3, 0.4) is 0 Å². The molecule has 2 aromatic rings. The van der Waals surface area contributed by atoms with Gasteiger partial charge < -0.3 is 9.84 Å². The number of aromatic nitrogens is 3. The molecular weight excluding hydrogens is 246 g/mol. The summed E-state index contributed by atoms with van der Waals surface area (Å²) in [6.45, 7) is 8.08. The highest BCUT2D eigenvalue weighted by atomic mass is 28.3. The first-order valence-electron chi connectivity index (χ1n) is 6.06. The maximum atomic E-state index is 9.61. The van der Waals surface area contributed by atoms with Gasteiger partial charge >= 0.3 is 0 Å². The average molecular weight is 265 g/mol. The third-order valence-corrected chi connectivity index (χ3v) is 4.44. The van der Waals surface area contributed by atoms with Crippen LogP contribution in [0.5, 0.6) is 5.75 Å². The summed E-state index contributed by atoms with van der Waals surface area (Å²) in [5.41, 5.74) is 1.31. The van der Waals surface area contributed by atoms with E-state index in [4.69, 9.17) is 4.74 Å². The molecule has 0 aliphatic rings. The van der Waals surface area contributed by atoms with Crippen molar-refractivity contribution in [1.82, 2.24) is 15.0 Å². The zero-order chi connectivity index (χ0) is 13.2. The second kappa shape index (κ2) is 5.07. The Hall–Kier alpha value is -1.40. The molecule has 1 aromatic heterocycles. The molecule has 0 saturated carbocycles. The lowest BCUT2D eigenvalue weighted by Gasteiger charge is -2.15. The summed E-state index contributed by atoms with van der Waals surface area (Å²) < 4.78 is 7.28. The monoisotopic (exact) mass is 265 g/mol. The molecule has 0 saturated heterocycles. The molecule has 6 heteroatoms. The molecule has 0 spiro atoms. The summed E-state index contributed by atoms with van der Waals surface area (Å²) >= 11 is 0. The molecule has 0 atom stereocenters. The molecule has 0 aliphatic heterocycles. The fourth-order valence-electron chi connectivity index (χ4n) is 1.60. The van der Waals surface area contributed by atoms with E-state index in [2.05, 4.69) is 30.0 Å². The van der Waals surface area contributed by atoms with Gasteiger partial charge in [-0.3, -0.25) is 0 Å². The number of hydrogen-bond acceptors (Lipinski definition) is 4. The molecule has 0 unspecified atom stereocenters. The molecule has 0 bridgehead atoms. The van der Waals surface area contributed by atoms with Crippen molar-refractivity contribution in [2.24, 2.45) is 0 Å². The minimum atomic E-state index is -1.05. The van der Waals surface area contributed by atoms with E-state index in [0.717, 1.165) is 18.2 Å². The summed E-state index contributed by atoms with van der Waals surface area (Å²) in [5, 5.41) is 17.5. The number of ether oxygens (including phenoxy) is 1. The van der Waals surface area contributed by atoms with Gasteiger partial charge in [0, 0.05) is 14.7 Å². The minimum Gasteiger partial charge on any atom is -0.506 e. The largest absolute Gasteiger partial charge is 0.506 e. The van der Waals surface area contributed by atoms with Gasteiger partial charge in [-0.05, 0) is 18.2 Å². The average Bonchev–Trinajstić information content (AvgIpc) is 2.68. The van der Waals surface area contributed by atoms with E-state index >= 15 is 0 Å². The van der Waals surface area contributed by atoms with Crippen LogP contribution in [-0.4, -0.2) is 34.8 Å². The van der Waals surface area contributed by atoms with Crippen LogP contribution in [0.4, 0.5) is 0 Å². The van der Waals surface area contributed by atoms with Crippen molar-refractivity contribution in [2.45, 2.75) is 32.4 Å². The van der Waals surface area contributed by atoms with Crippen LogP contribution in [0.2, 0.25) is 25.7 Å². The van der Waals surface area contributed by atoms with Crippen LogP contribution in [0, 0.1) is 0 Å². The lowest BCUT2D eigenvalue weighted by molar-refractivity contribution is 0.0803. The second-order valence-electron chi connectivity index (χ2n) is 5.58. The molecule has 18 heavy (non-hydrogen) atoms. The second-order valence-corrected chi connectivity index (χ2v) is 11.2. The number of benzene rings is 1. The normalized spacial score (nSPS) is 12.2. The van der Waals surface area contributed by atoms with Gasteiger partial charge in [0.2, 0.25) is 0 Å². The predicted molar refractivity (Wildman–Crippen MR) is 73.3 cm³/mol. The van der Waals surface area contributed by atoms with E-state index < -0.39 is 8.07 Å². The molecule has 0 fully saturated rings. The Bertz CT molecular complexity index is 534. The Balaban J connectivity index is 1.98. The van der Waals surface area contributed by atoms with Crippen LogP contribution >= 0.6 is 0 Å². The third-order valence-electron chi connectivity index (χ3n) is 2.73. The number of rotatable bonds is 5. The van der Waals surface area contributed by atoms with Crippen molar-refractivity contribution in [3.63, 3.8) is 0 Å². The zero-order valence-corrected chi connectivity index (χ0v) is 12.1. The molecule has 1 N–H and O–H groups in total. The van der Waals surface area contributed by atoms with E-state index in [0.29, 0.717) is 12.2 Å². The van der Waals surface area contributed by atoms with Gasteiger partial charge in [0.1, 0.15) is 12.5 Å². The molecule has 0 radical (unpaired) electrons. The number of phenols is 1. The summed E-state index contributed by atoms with van der Waals surface area (Å²) in [7, 11) is -1.05. The van der Waals surface area contributed by atoms with Gasteiger partial charge in [-0.15, -0.1) is 5.10 Å². The highest BCUT2D eigenvalue weighted by Crippen LogP contribution is 2.21. The number of nitrogens with zero attached hydrogens (tertiary/aromatic N) is 3. The van der Waals surface area contributed by atoms with Gasteiger partial charge in [0.05, 0.1) is 5.52 Å². The van der Waals surface area contributed by atoms with Crippen molar-refractivity contribution in [3.05, 3.63) is 18.2 Å². The highest BCUT2D eigenvalue weighted by Gasteiger charge is 2.12. The topological polar surface area (TPSA) is 60.2 Å². The molecule has 98 valence electrons. The fourth-order valence-corrected chi connectivity index (χ4v) is 2.36. The van der Waals surface area contributed by atoms with Gasteiger partial charge in [0.15, 0.2) is 5.52 Å². The van der Waals surface area contributed by atoms with Crippen LogP contribution in [0.1, 0.15) is 0 Å². The molecule has 5 nitrogen and oxygen atoms in total. The van der Waals surface area contributed by atoms with Crippen molar-refractivity contribution < 1.29 is 9.84 Å². The predicted octanol–water partition coefficient (Wildman–Crippen LogP) is 2.45. The Morgan fingerprint density at radius 1 is 1.33 bits per heavy atom. The Morgan fingerprint density at radius 2 is 2.11 bits per heavy atom. The highest BCUT2D eigenvalue weighted by molar-refractivity contribution is 6.76. The number of phenolic OH excluding ortho intramolecular Hbond substituents is 1. The number of hydrogen-bond donors (Lipinski definition) is 1. The van der Waals surface area contributed by atoms with Crippen LogP contribution in [0.25, 0.3) is 11.0 Å². The van der Waals surface area contributed by atoms with Crippen molar-refractivity contribution in [1.29, 1.82) is 0 Å². The molecule has 1 aromatic carbocycles. The van der Waals surface area contributed by atoms with Crippen LogP contribution < -0.4 is 0 Å². The minimum absolute atomic E-state index is 0.154. The van der Waals surface area contributed by atoms with Crippen LogP contribution in [-0.2, 0) is 11.5 Å². The Morgan fingerprint density at radius 3 is 2.83 bits per heavy atom. The smallest absolute Gasteiger partial charge is 0.154 e. The SMILES string of the molecule is C[Si](C)(C)CCOCn1nnc2c(O)cccc21. The number of fused-ring (bicyclic) bond motifs is 1. The molecule has 1 heterocycles. The molecular formula is C12H19N3O2Si. The molecule has 2 rings (SSSR count). The van der Waals surface area contributed by atoms with Crippen molar-refractivity contribution >= 4 is 19.1 Å². The molecule has 0 amide bonds. The fraction of sp³-hybridized carbons (Fsp3) is 0.500. The Labute approximate surface area is 107 Å². The summed E-state index contributed by atoms with van der Waals surface area (Å²) in [5.74, 6) is 0.154. The van der Waals surface area contributed by atoms with E-state index in [9.17, 15) is 5.11 Å². The van der Waals surface area contributed by atoms with E-state index in [1.165, 1.54) is 0 Å². The maximum absolute atomic E-state index is 9.61. The van der Waals surface area contributed by atoms with Gasteiger partial charge in [0.25, 0.3) is 0 Å².